The van der Waals surface area contributed by atoms with Gasteiger partial charge in [-0.15, -0.1) is 0 Å². The van der Waals surface area contributed by atoms with E-state index in [4.69, 9.17) is 5.26 Å². The summed E-state index contributed by atoms with van der Waals surface area (Å²) in [7, 11) is 0. The Morgan fingerprint density at radius 1 is 1.14 bits per heavy atom. The van der Waals surface area contributed by atoms with Crippen LogP contribution in [-0.2, 0) is 0 Å². The number of nitrogens with zero attached hydrogens (tertiary/aromatic N) is 3. The molecule has 2 atom stereocenters. The molecular weight excluding hydrogens is 278 g/mol. The molecule has 5 heteroatoms. The molecule has 0 aromatic heterocycles. The summed E-state index contributed by atoms with van der Waals surface area (Å²) in [5.74, 6) is 0.400. The zero-order valence-corrected chi connectivity index (χ0v) is 12.5. The van der Waals surface area contributed by atoms with Gasteiger partial charge in [0.1, 0.15) is 12.5 Å². The summed E-state index contributed by atoms with van der Waals surface area (Å²) in [6.07, 6.45) is 4.22. The first-order valence-electron chi connectivity index (χ1n) is 7.72. The van der Waals surface area contributed by atoms with Crippen molar-refractivity contribution in [3.8, 4) is 6.19 Å². The van der Waals surface area contributed by atoms with Crippen molar-refractivity contribution in [3.63, 3.8) is 0 Å². The van der Waals surface area contributed by atoms with Gasteiger partial charge in [0.15, 0.2) is 6.19 Å². The van der Waals surface area contributed by atoms with Gasteiger partial charge in [-0.1, -0.05) is 30.3 Å². The normalized spacial score (nSPS) is 26.8. The molecule has 2 aliphatic heterocycles. The van der Waals surface area contributed by atoms with Gasteiger partial charge in [0, 0.05) is 25.2 Å². The van der Waals surface area contributed by atoms with Crippen molar-refractivity contribution in [1.82, 2.24) is 9.80 Å². The van der Waals surface area contributed by atoms with Crippen molar-refractivity contribution in [1.29, 1.82) is 5.26 Å². The van der Waals surface area contributed by atoms with E-state index in [0.717, 1.165) is 37.1 Å². The van der Waals surface area contributed by atoms with Gasteiger partial charge in [-0.3, -0.25) is 0 Å². The summed E-state index contributed by atoms with van der Waals surface area (Å²) in [6.45, 7) is 2.18. The molecule has 0 bridgehead atoms. The number of aliphatic hydroxyl groups excluding tert-OH is 2. The van der Waals surface area contributed by atoms with Crippen LogP contribution < -0.4 is 0 Å². The molecule has 22 heavy (non-hydrogen) atoms. The third-order valence-corrected chi connectivity index (χ3v) is 4.59. The Bertz CT molecular complexity index is 573. The van der Waals surface area contributed by atoms with Crippen LogP contribution in [0.25, 0.3) is 5.57 Å². The molecule has 2 aliphatic rings. The quantitative estimate of drug-likeness (QED) is 0.821. The summed E-state index contributed by atoms with van der Waals surface area (Å²) in [4.78, 5) is 3.50. The lowest BCUT2D eigenvalue weighted by Gasteiger charge is -2.33. The van der Waals surface area contributed by atoms with E-state index in [0.29, 0.717) is 12.5 Å². The Balaban J connectivity index is 1.64. The number of piperidine rings is 1. The topological polar surface area (TPSA) is 70.7 Å². The highest BCUT2D eigenvalue weighted by Crippen LogP contribution is 2.31. The number of nitriles is 1. The van der Waals surface area contributed by atoms with E-state index in [1.54, 1.807) is 15.9 Å². The maximum atomic E-state index is 10.5. The molecule has 1 saturated heterocycles. The first-order chi connectivity index (χ1) is 10.7. The fourth-order valence-corrected chi connectivity index (χ4v) is 3.26. The maximum Gasteiger partial charge on any atom is 0.179 e. The molecule has 2 N–H and O–H groups in total. The smallest absolute Gasteiger partial charge is 0.179 e. The van der Waals surface area contributed by atoms with Crippen molar-refractivity contribution in [2.24, 2.45) is 5.92 Å². The average molecular weight is 299 g/mol. The molecule has 2 unspecified atom stereocenters. The molecule has 0 amide bonds. The minimum atomic E-state index is -0.772. The van der Waals surface area contributed by atoms with Gasteiger partial charge in [-0.05, 0) is 30.4 Å². The molecule has 5 nitrogen and oxygen atoms in total. The van der Waals surface area contributed by atoms with Crippen molar-refractivity contribution in [2.75, 3.05) is 19.6 Å². The van der Waals surface area contributed by atoms with E-state index in [1.165, 1.54) is 0 Å². The lowest BCUT2D eigenvalue weighted by atomic mass is 9.96. The number of hydrogen-bond donors (Lipinski definition) is 2. The SMILES string of the molecule is N#CN1CCC(CN2C(O)C=C(c3ccccc3)C2O)CC1. The lowest BCUT2D eigenvalue weighted by Crippen LogP contribution is -2.43. The van der Waals surface area contributed by atoms with Crippen LogP contribution in [-0.4, -0.2) is 52.1 Å². The van der Waals surface area contributed by atoms with Crippen molar-refractivity contribution in [3.05, 3.63) is 42.0 Å². The fourth-order valence-electron chi connectivity index (χ4n) is 3.26. The second-order valence-electron chi connectivity index (χ2n) is 6.00. The molecule has 1 aromatic carbocycles. The van der Waals surface area contributed by atoms with Gasteiger partial charge in [-0.2, -0.15) is 5.26 Å². The second kappa shape index (κ2) is 6.49. The Morgan fingerprint density at radius 2 is 1.82 bits per heavy atom. The minimum Gasteiger partial charge on any atom is -0.375 e. The highest BCUT2D eigenvalue weighted by molar-refractivity contribution is 5.70. The van der Waals surface area contributed by atoms with Gasteiger partial charge in [0.2, 0.25) is 0 Å². The molecule has 0 spiro atoms. The van der Waals surface area contributed by atoms with Crippen LogP contribution in [0, 0.1) is 17.4 Å². The highest BCUT2D eigenvalue weighted by atomic mass is 16.3. The summed E-state index contributed by atoms with van der Waals surface area (Å²) < 4.78 is 0. The van der Waals surface area contributed by atoms with Crippen LogP contribution in [0.4, 0.5) is 0 Å². The van der Waals surface area contributed by atoms with Crippen LogP contribution in [0.5, 0.6) is 0 Å². The molecule has 0 saturated carbocycles. The summed E-state index contributed by atoms with van der Waals surface area (Å²) in [5, 5.41) is 29.7. The Hall–Kier alpha value is -1.87. The van der Waals surface area contributed by atoms with E-state index in [1.807, 2.05) is 30.3 Å². The zero-order valence-electron chi connectivity index (χ0n) is 12.5. The van der Waals surface area contributed by atoms with E-state index in [9.17, 15) is 10.2 Å². The Morgan fingerprint density at radius 3 is 2.45 bits per heavy atom. The fraction of sp³-hybridized carbons (Fsp3) is 0.471. The standard InChI is InChI=1S/C17H21N3O2/c18-12-19-8-6-13(7-9-19)11-20-16(21)10-15(17(20)22)14-4-2-1-3-5-14/h1-5,10,13,16-17,21-22H,6-9,11H2. The second-order valence-corrected chi connectivity index (χ2v) is 6.00. The number of hydrogen-bond acceptors (Lipinski definition) is 5. The summed E-state index contributed by atoms with van der Waals surface area (Å²) in [6, 6.07) is 9.67. The van der Waals surface area contributed by atoms with Crippen LogP contribution in [0.15, 0.2) is 36.4 Å². The molecule has 116 valence electrons. The van der Waals surface area contributed by atoms with Crippen molar-refractivity contribution < 1.29 is 10.2 Å². The average Bonchev–Trinajstić information content (AvgIpc) is 2.84. The number of aliphatic hydroxyl groups is 2. The highest BCUT2D eigenvalue weighted by Gasteiger charge is 2.34. The summed E-state index contributed by atoms with van der Waals surface area (Å²) >= 11 is 0. The van der Waals surface area contributed by atoms with Crippen LogP contribution in [0.2, 0.25) is 0 Å². The summed E-state index contributed by atoms with van der Waals surface area (Å²) in [5.41, 5.74) is 1.71. The molecule has 1 fully saturated rings. The van der Waals surface area contributed by atoms with Gasteiger partial charge < -0.3 is 15.1 Å². The Labute approximate surface area is 130 Å². The first kappa shape index (κ1) is 15.0. The monoisotopic (exact) mass is 299 g/mol. The number of benzene rings is 1. The largest absolute Gasteiger partial charge is 0.375 e. The van der Waals surface area contributed by atoms with Crippen LogP contribution in [0.3, 0.4) is 0 Å². The predicted molar refractivity (Wildman–Crippen MR) is 83.0 cm³/mol. The first-order valence-corrected chi connectivity index (χ1v) is 7.72. The molecule has 3 rings (SSSR count). The van der Waals surface area contributed by atoms with Gasteiger partial charge in [0.05, 0.1) is 0 Å². The third kappa shape index (κ3) is 3.00. The lowest BCUT2D eigenvalue weighted by molar-refractivity contribution is -0.0488. The number of likely N-dealkylation sites (tertiary alicyclic amines) is 1. The van der Waals surface area contributed by atoms with Gasteiger partial charge in [0.25, 0.3) is 0 Å². The van der Waals surface area contributed by atoms with E-state index >= 15 is 0 Å². The van der Waals surface area contributed by atoms with Crippen molar-refractivity contribution in [2.45, 2.75) is 25.3 Å². The van der Waals surface area contributed by atoms with Crippen LogP contribution in [0.1, 0.15) is 18.4 Å². The maximum absolute atomic E-state index is 10.5. The van der Waals surface area contributed by atoms with Crippen LogP contribution >= 0.6 is 0 Å². The molecular formula is C17H21N3O2. The molecule has 1 aromatic rings. The molecule has 0 aliphatic carbocycles. The third-order valence-electron chi connectivity index (χ3n) is 4.59. The Kier molecular flexibility index (Phi) is 4.44. The van der Waals surface area contributed by atoms with Gasteiger partial charge in [-0.25, -0.2) is 4.90 Å². The predicted octanol–water partition coefficient (Wildman–Crippen LogP) is 1.22. The molecule has 2 heterocycles. The zero-order chi connectivity index (χ0) is 15.5. The van der Waals surface area contributed by atoms with E-state index < -0.39 is 12.5 Å². The number of rotatable bonds is 3. The molecule has 0 radical (unpaired) electrons. The van der Waals surface area contributed by atoms with E-state index in [2.05, 4.69) is 6.19 Å². The minimum absolute atomic E-state index is 0.400. The van der Waals surface area contributed by atoms with E-state index in [-0.39, 0.29) is 0 Å². The van der Waals surface area contributed by atoms with Gasteiger partial charge >= 0.3 is 0 Å². The van der Waals surface area contributed by atoms with Crippen molar-refractivity contribution >= 4 is 5.57 Å².